The van der Waals surface area contributed by atoms with Crippen molar-refractivity contribution in [3.63, 3.8) is 0 Å². The van der Waals surface area contributed by atoms with Gasteiger partial charge in [-0.05, 0) is 0 Å². The molecule has 110 valence electrons. The lowest BCUT2D eigenvalue weighted by Gasteiger charge is -2.06. The van der Waals surface area contributed by atoms with Crippen LogP contribution in [0, 0.1) is 0 Å². The van der Waals surface area contributed by atoms with E-state index in [4.69, 9.17) is 10.2 Å². The Kier molecular flexibility index (Phi) is 7.34. The number of carbonyl (C=O) groups excluding carboxylic acids is 2. The van der Waals surface area contributed by atoms with Gasteiger partial charge in [0.15, 0.2) is 0 Å². The van der Waals surface area contributed by atoms with Gasteiger partial charge in [-0.15, -0.1) is 0 Å². The Labute approximate surface area is 114 Å². The van der Waals surface area contributed by atoms with Crippen LogP contribution < -0.4 is 0 Å². The molecule has 20 heavy (non-hydrogen) atoms. The summed E-state index contributed by atoms with van der Waals surface area (Å²) in [6, 6.07) is 0. The quantitative estimate of drug-likeness (QED) is 0.348. The second-order valence-electron chi connectivity index (χ2n) is 3.61. The van der Waals surface area contributed by atoms with Crippen LogP contribution in [-0.4, -0.2) is 47.3 Å². The lowest BCUT2D eigenvalue weighted by molar-refractivity contribution is -0.152. The van der Waals surface area contributed by atoms with Crippen molar-refractivity contribution >= 4 is 23.9 Å². The second-order valence-corrected chi connectivity index (χ2v) is 3.61. The highest BCUT2D eigenvalue weighted by Crippen LogP contribution is 2.01. The number of aliphatic carboxylic acids is 2. The van der Waals surface area contributed by atoms with E-state index in [1.807, 2.05) is 0 Å². The molecule has 0 aromatic carbocycles. The molecule has 0 amide bonds. The van der Waals surface area contributed by atoms with Gasteiger partial charge in [-0.1, -0.05) is 13.2 Å². The van der Waals surface area contributed by atoms with Crippen LogP contribution in [0.15, 0.2) is 24.3 Å². The topological polar surface area (TPSA) is 127 Å². The van der Waals surface area contributed by atoms with Crippen molar-refractivity contribution < 1.29 is 38.9 Å². The maximum absolute atomic E-state index is 11.1. The standard InChI is InChI=1S/C12H14O8/c1-7(11(15)16)5-9(13)19-3-4-20-10(14)6-8(2)12(17)18/h1-6H2,(H,15,16)(H,17,18). The van der Waals surface area contributed by atoms with Gasteiger partial charge in [-0.2, -0.15) is 0 Å². The zero-order chi connectivity index (χ0) is 15.7. The van der Waals surface area contributed by atoms with E-state index >= 15 is 0 Å². The van der Waals surface area contributed by atoms with Crippen LogP contribution in [-0.2, 0) is 28.7 Å². The molecule has 0 aliphatic carbocycles. The van der Waals surface area contributed by atoms with Crippen molar-refractivity contribution in [3.8, 4) is 0 Å². The summed E-state index contributed by atoms with van der Waals surface area (Å²) in [5, 5.41) is 16.9. The van der Waals surface area contributed by atoms with E-state index < -0.39 is 36.7 Å². The van der Waals surface area contributed by atoms with Gasteiger partial charge >= 0.3 is 23.9 Å². The highest BCUT2D eigenvalue weighted by molar-refractivity contribution is 5.92. The number of carboxylic acids is 2. The van der Waals surface area contributed by atoms with Gasteiger partial charge in [0.05, 0.1) is 12.8 Å². The Hall–Kier alpha value is -2.64. The van der Waals surface area contributed by atoms with Gasteiger partial charge in [0.1, 0.15) is 13.2 Å². The van der Waals surface area contributed by atoms with Gasteiger partial charge in [-0.3, -0.25) is 9.59 Å². The second kappa shape index (κ2) is 8.46. The number of hydrogen-bond acceptors (Lipinski definition) is 6. The van der Waals surface area contributed by atoms with Crippen molar-refractivity contribution in [2.24, 2.45) is 0 Å². The minimum atomic E-state index is -1.31. The van der Waals surface area contributed by atoms with Crippen LogP contribution in [0.2, 0.25) is 0 Å². The molecule has 0 rings (SSSR count). The maximum atomic E-state index is 11.1. The fourth-order valence-corrected chi connectivity index (χ4v) is 0.913. The predicted molar refractivity (Wildman–Crippen MR) is 64.7 cm³/mol. The Morgan fingerprint density at radius 3 is 1.30 bits per heavy atom. The largest absolute Gasteiger partial charge is 0.478 e. The van der Waals surface area contributed by atoms with Crippen molar-refractivity contribution in [3.05, 3.63) is 24.3 Å². The highest BCUT2D eigenvalue weighted by Gasteiger charge is 2.13. The molecule has 2 N–H and O–H groups in total. The third-order valence-corrected chi connectivity index (χ3v) is 1.93. The third-order valence-electron chi connectivity index (χ3n) is 1.93. The van der Waals surface area contributed by atoms with Crippen LogP contribution in [0.4, 0.5) is 0 Å². The van der Waals surface area contributed by atoms with Crippen molar-refractivity contribution in [1.29, 1.82) is 0 Å². The normalized spacial score (nSPS) is 9.40. The first-order chi connectivity index (χ1) is 9.23. The van der Waals surface area contributed by atoms with Crippen LogP contribution in [0.3, 0.4) is 0 Å². The van der Waals surface area contributed by atoms with Crippen LogP contribution in [0.25, 0.3) is 0 Å². The average Bonchev–Trinajstić information content (AvgIpc) is 2.34. The summed E-state index contributed by atoms with van der Waals surface area (Å²) in [6.07, 6.45) is -0.946. The summed E-state index contributed by atoms with van der Waals surface area (Å²) < 4.78 is 9.17. The van der Waals surface area contributed by atoms with Gasteiger partial charge in [-0.25, -0.2) is 9.59 Å². The molecule has 0 aliphatic heterocycles. The van der Waals surface area contributed by atoms with Gasteiger partial charge < -0.3 is 19.7 Å². The summed E-state index contributed by atoms with van der Waals surface area (Å²) in [5.74, 6) is -4.24. The molecule has 0 aliphatic rings. The molecular weight excluding hydrogens is 272 g/mol. The lowest BCUT2D eigenvalue weighted by Crippen LogP contribution is -2.16. The number of carbonyl (C=O) groups is 4. The molecule has 0 spiro atoms. The van der Waals surface area contributed by atoms with Crippen molar-refractivity contribution in [2.45, 2.75) is 12.8 Å². The summed E-state index contributed by atoms with van der Waals surface area (Å²) in [7, 11) is 0. The van der Waals surface area contributed by atoms with E-state index in [9.17, 15) is 19.2 Å². The fraction of sp³-hybridized carbons (Fsp3) is 0.333. The van der Waals surface area contributed by atoms with E-state index in [2.05, 4.69) is 22.6 Å². The van der Waals surface area contributed by atoms with E-state index in [1.54, 1.807) is 0 Å². The smallest absolute Gasteiger partial charge is 0.331 e. The first-order valence-corrected chi connectivity index (χ1v) is 5.37. The van der Waals surface area contributed by atoms with Gasteiger partial charge in [0, 0.05) is 11.1 Å². The summed E-state index contributed by atoms with van der Waals surface area (Å²) in [4.78, 5) is 42.9. The molecule has 0 bridgehead atoms. The third kappa shape index (κ3) is 7.64. The molecule has 0 fully saturated rings. The molecule has 0 atom stereocenters. The Balaban J connectivity index is 3.81. The maximum Gasteiger partial charge on any atom is 0.331 e. The van der Waals surface area contributed by atoms with E-state index in [0.717, 1.165) is 0 Å². The number of carboxylic acid groups (broad SMARTS) is 2. The van der Waals surface area contributed by atoms with E-state index in [1.165, 1.54) is 0 Å². The Morgan fingerprint density at radius 1 is 0.750 bits per heavy atom. The lowest BCUT2D eigenvalue weighted by atomic mass is 10.2. The SMILES string of the molecule is C=C(CC(=O)OCCOC(=O)CC(=C)C(=O)O)C(=O)O. The van der Waals surface area contributed by atoms with Gasteiger partial charge in [0.2, 0.25) is 0 Å². The fourth-order valence-electron chi connectivity index (χ4n) is 0.913. The Morgan fingerprint density at radius 2 is 1.05 bits per heavy atom. The first-order valence-electron chi connectivity index (χ1n) is 5.37. The molecule has 8 heteroatoms. The van der Waals surface area contributed by atoms with Crippen LogP contribution in [0.5, 0.6) is 0 Å². The number of esters is 2. The molecule has 0 radical (unpaired) electrons. The zero-order valence-corrected chi connectivity index (χ0v) is 10.6. The van der Waals surface area contributed by atoms with E-state index in [-0.39, 0.29) is 24.4 Å². The summed E-state index contributed by atoms with van der Waals surface area (Å²) >= 11 is 0. The van der Waals surface area contributed by atoms with Crippen LogP contribution in [0.1, 0.15) is 12.8 Å². The Bertz CT molecular complexity index is 406. The summed E-state index contributed by atoms with van der Waals surface area (Å²) in [5.41, 5.74) is -0.630. The molecular formula is C12H14O8. The number of ether oxygens (including phenoxy) is 2. The molecule has 0 unspecified atom stereocenters. The number of rotatable bonds is 9. The van der Waals surface area contributed by atoms with E-state index in [0.29, 0.717) is 0 Å². The minimum Gasteiger partial charge on any atom is -0.478 e. The van der Waals surface area contributed by atoms with Crippen molar-refractivity contribution in [1.82, 2.24) is 0 Å². The van der Waals surface area contributed by atoms with Gasteiger partial charge in [0.25, 0.3) is 0 Å². The first kappa shape index (κ1) is 17.4. The molecule has 8 nitrogen and oxygen atoms in total. The predicted octanol–water partition coefficient (Wildman–Crippen LogP) is 0.135. The molecule has 0 saturated heterocycles. The average molecular weight is 286 g/mol. The molecule has 0 saturated carbocycles. The van der Waals surface area contributed by atoms with Crippen LogP contribution >= 0.6 is 0 Å². The minimum absolute atomic E-state index is 0.267. The molecule has 0 heterocycles. The zero-order valence-electron chi connectivity index (χ0n) is 10.6. The molecule has 0 aromatic rings. The summed E-state index contributed by atoms with van der Waals surface area (Å²) in [6.45, 7) is 5.76. The number of hydrogen-bond donors (Lipinski definition) is 2. The highest BCUT2D eigenvalue weighted by atomic mass is 16.6. The molecule has 0 aromatic heterocycles. The monoisotopic (exact) mass is 286 g/mol. The van der Waals surface area contributed by atoms with Crippen molar-refractivity contribution in [2.75, 3.05) is 13.2 Å².